The summed E-state index contributed by atoms with van der Waals surface area (Å²) < 4.78 is 6.45. The fourth-order valence-corrected chi connectivity index (χ4v) is 5.86. The van der Waals surface area contributed by atoms with Crippen LogP contribution in [-0.4, -0.2) is 42.3 Å². The van der Waals surface area contributed by atoms with E-state index in [0.29, 0.717) is 33.6 Å². The van der Waals surface area contributed by atoms with E-state index >= 15 is 0 Å². The molecule has 0 atom stereocenters. The van der Waals surface area contributed by atoms with Crippen LogP contribution in [0.3, 0.4) is 0 Å². The van der Waals surface area contributed by atoms with Crippen LogP contribution in [0.4, 0.5) is 5.82 Å². The smallest absolute Gasteiger partial charge is 0.183 e. The van der Waals surface area contributed by atoms with Crippen molar-refractivity contribution in [1.82, 2.24) is 29.9 Å². The average Bonchev–Trinajstić information content (AvgIpc) is 3.57. The van der Waals surface area contributed by atoms with E-state index in [1.54, 1.807) is 11.8 Å². The topological polar surface area (TPSA) is 121 Å². The molecular formula is C26H19Cl2N7OS. The number of aromatic amines is 3. The first-order valence-corrected chi connectivity index (χ1v) is 13.4. The van der Waals surface area contributed by atoms with Gasteiger partial charge < -0.3 is 25.4 Å². The van der Waals surface area contributed by atoms with Crippen molar-refractivity contribution in [2.75, 3.05) is 18.1 Å². The van der Waals surface area contributed by atoms with E-state index in [1.807, 2.05) is 36.4 Å². The second-order valence-electron chi connectivity index (χ2n) is 8.73. The molecule has 0 radical (unpaired) electrons. The second-order valence-corrected chi connectivity index (χ2v) is 10.7. The van der Waals surface area contributed by atoms with Crippen LogP contribution >= 0.6 is 35.0 Å². The quantitative estimate of drug-likeness (QED) is 0.130. The van der Waals surface area contributed by atoms with Crippen molar-refractivity contribution >= 4 is 95.6 Å². The molecule has 7 aromatic rings. The first-order chi connectivity index (χ1) is 18.0. The van der Waals surface area contributed by atoms with Crippen molar-refractivity contribution in [2.45, 2.75) is 11.6 Å². The molecule has 0 aliphatic heterocycles. The maximum absolute atomic E-state index is 6.45. The van der Waals surface area contributed by atoms with Gasteiger partial charge in [-0.25, -0.2) is 15.0 Å². The molecule has 0 aliphatic carbocycles. The van der Waals surface area contributed by atoms with E-state index in [0.717, 1.165) is 66.7 Å². The number of hydrogen-bond acceptors (Lipinski definition) is 6. The Morgan fingerprint density at radius 3 is 2.14 bits per heavy atom. The van der Waals surface area contributed by atoms with Gasteiger partial charge in [0.15, 0.2) is 22.4 Å². The number of anilines is 1. The Kier molecular flexibility index (Phi) is 5.31. The van der Waals surface area contributed by atoms with Crippen molar-refractivity contribution in [2.24, 2.45) is 0 Å². The molecule has 0 amide bonds. The number of rotatable bonds is 6. The molecule has 7 rings (SSSR count). The SMILES string of the molecule is Nc1ncnc2nc(SCCCOc3c4[nH]c5ccc(Cl)cc5c4cc4c3[nH]c3ccc(Cl)cc34)[nH]c12. The number of hydrogen-bond donors (Lipinski definition) is 4. The van der Waals surface area contributed by atoms with Crippen LogP contribution in [0.15, 0.2) is 53.9 Å². The van der Waals surface area contributed by atoms with E-state index in [-0.39, 0.29) is 0 Å². The summed E-state index contributed by atoms with van der Waals surface area (Å²) in [6.07, 6.45) is 2.22. The largest absolute Gasteiger partial charge is 0.489 e. The van der Waals surface area contributed by atoms with E-state index in [2.05, 4.69) is 36.0 Å². The van der Waals surface area contributed by atoms with Crippen LogP contribution in [0.25, 0.3) is 54.8 Å². The van der Waals surface area contributed by atoms with E-state index in [4.69, 9.17) is 33.7 Å². The van der Waals surface area contributed by atoms with Gasteiger partial charge in [0, 0.05) is 48.4 Å². The number of nitrogens with one attached hydrogen (secondary N) is 3. The Hall–Kier alpha value is -3.66. The molecule has 0 unspecified atom stereocenters. The molecule has 0 saturated carbocycles. The summed E-state index contributed by atoms with van der Waals surface area (Å²) in [4.78, 5) is 22.9. The van der Waals surface area contributed by atoms with Gasteiger partial charge in [0.25, 0.3) is 0 Å². The number of fused-ring (bicyclic) bond motifs is 7. The van der Waals surface area contributed by atoms with Crippen LogP contribution in [0.5, 0.6) is 5.75 Å². The van der Waals surface area contributed by atoms with Gasteiger partial charge in [0.05, 0.1) is 17.6 Å². The third-order valence-electron chi connectivity index (χ3n) is 6.41. The molecule has 4 aromatic heterocycles. The molecule has 0 fully saturated rings. The standard InChI is InChI=1S/C26H19Cl2N7OS/c27-12-2-4-18-14(8-12)16-10-17-15-9-13(28)3-5-19(15)33-21(17)23(20(16)32-18)36-6-1-7-37-26-34-22-24(29)30-11-31-25(22)35-26/h2-5,8-11,32-33H,1,6-7H2,(H3,29,30,31,34,35). The molecule has 37 heavy (non-hydrogen) atoms. The molecule has 5 N–H and O–H groups in total. The number of nitrogen functional groups attached to an aromatic ring is 1. The summed E-state index contributed by atoms with van der Waals surface area (Å²) in [6.45, 7) is 0.523. The van der Waals surface area contributed by atoms with Gasteiger partial charge in [-0.05, 0) is 48.9 Å². The first kappa shape index (κ1) is 22.5. The van der Waals surface area contributed by atoms with Crippen molar-refractivity contribution in [3.05, 3.63) is 58.8 Å². The summed E-state index contributed by atoms with van der Waals surface area (Å²) >= 11 is 14.3. The number of ether oxygens (including phenoxy) is 1. The maximum Gasteiger partial charge on any atom is 0.183 e. The Labute approximate surface area is 223 Å². The maximum atomic E-state index is 6.45. The number of nitrogens with zero attached hydrogens (tertiary/aromatic N) is 3. The minimum Gasteiger partial charge on any atom is -0.489 e. The van der Waals surface area contributed by atoms with E-state index in [9.17, 15) is 0 Å². The second kappa shape index (κ2) is 8.72. The molecule has 0 bridgehead atoms. The molecule has 0 saturated heterocycles. The van der Waals surface area contributed by atoms with Crippen molar-refractivity contribution in [3.8, 4) is 5.75 Å². The van der Waals surface area contributed by atoms with E-state index in [1.165, 1.54) is 6.33 Å². The zero-order chi connectivity index (χ0) is 25.1. The van der Waals surface area contributed by atoms with Gasteiger partial charge in [-0.15, -0.1) is 0 Å². The number of H-pyrrole nitrogens is 3. The predicted molar refractivity (Wildman–Crippen MR) is 152 cm³/mol. The Morgan fingerprint density at radius 1 is 0.811 bits per heavy atom. The highest BCUT2D eigenvalue weighted by Gasteiger charge is 2.18. The fraction of sp³-hybridized carbons (Fsp3) is 0.115. The third-order valence-corrected chi connectivity index (χ3v) is 7.84. The lowest BCUT2D eigenvalue weighted by Gasteiger charge is -2.09. The van der Waals surface area contributed by atoms with Crippen molar-refractivity contribution in [3.63, 3.8) is 0 Å². The lowest BCUT2D eigenvalue weighted by Crippen LogP contribution is -2.00. The van der Waals surface area contributed by atoms with Crippen LogP contribution < -0.4 is 10.5 Å². The highest BCUT2D eigenvalue weighted by molar-refractivity contribution is 7.99. The summed E-state index contributed by atoms with van der Waals surface area (Å²) in [5.74, 6) is 1.98. The number of thioether (sulfide) groups is 1. The molecule has 4 heterocycles. The summed E-state index contributed by atoms with van der Waals surface area (Å²) in [6, 6.07) is 13.9. The van der Waals surface area contributed by atoms with Crippen LogP contribution in [0.2, 0.25) is 10.0 Å². The minimum absolute atomic E-state index is 0.393. The van der Waals surface area contributed by atoms with Gasteiger partial charge in [0.2, 0.25) is 0 Å². The number of nitrogens with two attached hydrogens (primary N) is 1. The third kappa shape index (κ3) is 3.81. The monoisotopic (exact) mass is 547 g/mol. The summed E-state index contributed by atoms with van der Waals surface area (Å²) in [5.41, 5.74) is 11.0. The number of aromatic nitrogens is 6. The summed E-state index contributed by atoms with van der Waals surface area (Å²) in [7, 11) is 0. The molecular weight excluding hydrogens is 529 g/mol. The Morgan fingerprint density at radius 2 is 1.49 bits per heavy atom. The normalized spacial score (nSPS) is 12.1. The molecule has 184 valence electrons. The van der Waals surface area contributed by atoms with Crippen LogP contribution in [0, 0.1) is 0 Å². The van der Waals surface area contributed by atoms with Gasteiger partial charge in [-0.2, -0.15) is 0 Å². The van der Waals surface area contributed by atoms with Gasteiger partial charge in [0.1, 0.15) is 11.8 Å². The van der Waals surface area contributed by atoms with Gasteiger partial charge >= 0.3 is 0 Å². The van der Waals surface area contributed by atoms with Crippen molar-refractivity contribution < 1.29 is 4.74 Å². The fourth-order valence-electron chi connectivity index (χ4n) is 4.74. The molecule has 3 aromatic carbocycles. The minimum atomic E-state index is 0.393. The lowest BCUT2D eigenvalue weighted by atomic mass is 10.1. The number of benzene rings is 3. The zero-order valence-electron chi connectivity index (χ0n) is 19.2. The first-order valence-electron chi connectivity index (χ1n) is 11.6. The average molecular weight is 548 g/mol. The van der Waals surface area contributed by atoms with E-state index < -0.39 is 0 Å². The molecule has 8 nitrogen and oxygen atoms in total. The van der Waals surface area contributed by atoms with Crippen molar-refractivity contribution in [1.29, 1.82) is 0 Å². The predicted octanol–water partition coefficient (Wildman–Crippen LogP) is 7.07. The lowest BCUT2D eigenvalue weighted by molar-refractivity contribution is 0.325. The zero-order valence-corrected chi connectivity index (χ0v) is 21.6. The van der Waals surface area contributed by atoms with Gasteiger partial charge in [-0.1, -0.05) is 35.0 Å². The number of imidazole rings is 1. The Balaban J connectivity index is 1.22. The highest BCUT2D eigenvalue weighted by atomic mass is 35.5. The van der Waals surface area contributed by atoms with Crippen LogP contribution in [-0.2, 0) is 0 Å². The van der Waals surface area contributed by atoms with Crippen LogP contribution in [0.1, 0.15) is 6.42 Å². The molecule has 0 aliphatic rings. The highest BCUT2D eigenvalue weighted by Crippen LogP contribution is 2.42. The molecule has 0 spiro atoms. The number of halogens is 2. The Bertz CT molecular complexity index is 1880. The molecule has 11 heteroatoms. The summed E-state index contributed by atoms with van der Waals surface area (Å²) in [5, 5.41) is 6.34. The van der Waals surface area contributed by atoms with Gasteiger partial charge in [-0.3, -0.25) is 0 Å².